The van der Waals surface area contributed by atoms with Gasteiger partial charge >= 0.3 is 6.09 Å². The summed E-state index contributed by atoms with van der Waals surface area (Å²) in [4.78, 5) is 28.4. The first-order valence-corrected chi connectivity index (χ1v) is 8.46. The predicted octanol–water partition coefficient (Wildman–Crippen LogP) is 2.09. The minimum atomic E-state index is -0.489. The van der Waals surface area contributed by atoms with Crippen molar-refractivity contribution in [3.8, 4) is 0 Å². The van der Waals surface area contributed by atoms with Gasteiger partial charge in [0.25, 0.3) is 0 Å². The summed E-state index contributed by atoms with van der Waals surface area (Å²) in [6.07, 6.45) is 1.16. The first-order valence-electron chi connectivity index (χ1n) is 8.46. The van der Waals surface area contributed by atoms with Gasteiger partial charge in [-0.1, -0.05) is 13.8 Å². The molecule has 0 aromatic carbocycles. The third kappa shape index (κ3) is 6.37. The average Bonchev–Trinajstić information content (AvgIpc) is 2.36. The van der Waals surface area contributed by atoms with Crippen molar-refractivity contribution in [2.45, 2.75) is 65.1 Å². The highest BCUT2D eigenvalue weighted by atomic mass is 16.6. The Kier molecular flexibility index (Phi) is 6.86. The zero-order valence-electron chi connectivity index (χ0n) is 15.7. The molecule has 1 atom stereocenters. The molecular formula is C17H33N3O3. The van der Waals surface area contributed by atoms with Crippen LogP contribution < -0.4 is 5.32 Å². The van der Waals surface area contributed by atoms with Crippen molar-refractivity contribution >= 4 is 12.0 Å². The van der Waals surface area contributed by atoms with Gasteiger partial charge in [0, 0.05) is 19.1 Å². The highest BCUT2D eigenvalue weighted by molar-refractivity contribution is 5.82. The third-order valence-corrected chi connectivity index (χ3v) is 3.97. The van der Waals surface area contributed by atoms with E-state index >= 15 is 0 Å². The number of carbonyl (C=O) groups excluding carboxylic acids is 2. The van der Waals surface area contributed by atoms with E-state index < -0.39 is 5.60 Å². The second-order valence-electron chi connectivity index (χ2n) is 7.90. The summed E-state index contributed by atoms with van der Waals surface area (Å²) < 4.78 is 5.28. The van der Waals surface area contributed by atoms with Crippen LogP contribution in [0.1, 0.15) is 47.5 Å². The number of amides is 2. The molecule has 0 radical (unpaired) electrons. The number of likely N-dealkylation sites (N-methyl/N-ethyl adjacent to an activating group) is 1. The molecule has 0 aromatic heterocycles. The van der Waals surface area contributed by atoms with Gasteiger partial charge in [0.15, 0.2) is 0 Å². The highest BCUT2D eigenvalue weighted by Gasteiger charge is 2.32. The van der Waals surface area contributed by atoms with Crippen LogP contribution in [-0.2, 0) is 9.53 Å². The lowest BCUT2D eigenvalue weighted by molar-refractivity contribution is -0.138. The van der Waals surface area contributed by atoms with E-state index in [1.165, 1.54) is 0 Å². The first-order chi connectivity index (χ1) is 10.5. The van der Waals surface area contributed by atoms with E-state index in [9.17, 15) is 9.59 Å². The first kappa shape index (κ1) is 19.7. The molecule has 23 heavy (non-hydrogen) atoms. The smallest absolute Gasteiger partial charge is 0.407 e. The van der Waals surface area contributed by atoms with E-state index in [1.54, 1.807) is 0 Å². The van der Waals surface area contributed by atoms with Gasteiger partial charge in [-0.05, 0) is 53.6 Å². The SMILES string of the molecule is CC(C)[C@@H](C(=O)N1CCC(NC(=O)OC(C)(C)C)CC1)N(C)C. The van der Waals surface area contributed by atoms with Crippen molar-refractivity contribution in [1.82, 2.24) is 15.1 Å². The molecule has 1 rings (SSSR count). The molecule has 0 bridgehead atoms. The van der Waals surface area contributed by atoms with Crippen molar-refractivity contribution in [3.63, 3.8) is 0 Å². The van der Waals surface area contributed by atoms with Gasteiger partial charge in [-0.3, -0.25) is 9.69 Å². The fraction of sp³-hybridized carbons (Fsp3) is 0.882. The molecule has 0 saturated carbocycles. The van der Waals surface area contributed by atoms with Crippen LogP contribution in [-0.4, -0.2) is 66.7 Å². The van der Waals surface area contributed by atoms with Crippen LogP contribution in [0.15, 0.2) is 0 Å². The molecule has 1 heterocycles. The number of nitrogens with one attached hydrogen (secondary N) is 1. The lowest BCUT2D eigenvalue weighted by atomic mass is 9.99. The van der Waals surface area contributed by atoms with Crippen LogP contribution >= 0.6 is 0 Å². The van der Waals surface area contributed by atoms with E-state index in [0.717, 1.165) is 12.8 Å². The number of nitrogens with zero attached hydrogens (tertiary/aromatic N) is 2. The fourth-order valence-corrected chi connectivity index (χ4v) is 3.01. The second-order valence-corrected chi connectivity index (χ2v) is 7.90. The van der Waals surface area contributed by atoms with E-state index in [-0.39, 0.29) is 30.0 Å². The number of ether oxygens (including phenoxy) is 1. The molecular weight excluding hydrogens is 294 g/mol. The molecule has 0 aromatic rings. The van der Waals surface area contributed by atoms with Gasteiger partial charge in [0.1, 0.15) is 5.60 Å². The number of hydrogen-bond acceptors (Lipinski definition) is 4. The minimum absolute atomic E-state index is 0.0748. The zero-order chi connectivity index (χ0) is 17.8. The number of hydrogen-bond donors (Lipinski definition) is 1. The van der Waals surface area contributed by atoms with Crippen LogP contribution in [0.5, 0.6) is 0 Å². The maximum Gasteiger partial charge on any atom is 0.407 e. The quantitative estimate of drug-likeness (QED) is 0.859. The van der Waals surface area contributed by atoms with Crippen LogP contribution in [0.25, 0.3) is 0 Å². The summed E-state index contributed by atoms with van der Waals surface area (Å²) in [5.41, 5.74) is -0.489. The lowest BCUT2D eigenvalue weighted by Crippen LogP contribution is -2.53. The fourth-order valence-electron chi connectivity index (χ4n) is 3.01. The molecule has 1 saturated heterocycles. The van der Waals surface area contributed by atoms with E-state index in [4.69, 9.17) is 4.74 Å². The van der Waals surface area contributed by atoms with Crippen molar-refractivity contribution < 1.29 is 14.3 Å². The largest absolute Gasteiger partial charge is 0.444 e. The summed E-state index contributed by atoms with van der Waals surface area (Å²) in [7, 11) is 3.89. The number of piperidine rings is 1. The van der Waals surface area contributed by atoms with E-state index in [0.29, 0.717) is 13.1 Å². The Morgan fingerprint density at radius 2 is 1.70 bits per heavy atom. The molecule has 1 aliphatic rings. The third-order valence-electron chi connectivity index (χ3n) is 3.97. The van der Waals surface area contributed by atoms with Gasteiger partial charge in [0.2, 0.25) is 5.91 Å². The Balaban J connectivity index is 2.49. The number of carbonyl (C=O) groups is 2. The molecule has 6 nitrogen and oxygen atoms in total. The van der Waals surface area contributed by atoms with Gasteiger partial charge in [0.05, 0.1) is 6.04 Å². The van der Waals surface area contributed by atoms with Gasteiger partial charge in [-0.2, -0.15) is 0 Å². The van der Waals surface area contributed by atoms with E-state index in [1.807, 2.05) is 44.7 Å². The van der Waals surface area contributed by atoms with Gasteiger partial charge < -0.3 is 15.0 Å². The summed E-state index contributed by atoms with van der Waals surface area (Å²) in [5.74, 6) is 0.454. The Morgan fingerprint density at radius 1 is 1.17 bits per heavy atom. The Labute approximate surface area is 140 Å². The molecule has 0 unspecified atom stereocenters. The molecule has 0 aliphatic carbocycles. The highest BCUT2D eigenvalue weighted by Crippen LogP contribution is 2.17. The molecule has 2 amide bonds. The number of rotatable bonds is 4. The number of alkyl carbamates (subject to hydrolysis) is 1. The summed E-state index contributed by atoms with van der Waals surface area (Å²) >= 11 is 0. The topological polar surface area (TPSA) is 61.9 Å². The Hall–Kier alpha value is -1.30. The summed E-state index contributed by atoms with van der Waals surface area (Å²) in [6.45, 7) is 11.0. The molecule has 1 aliphatic heterocycles. The Morgan fingerprint density at radius 3 is 2.09 bits per heavy atom. The Bertz CT molecular complexity index is 400. The van der Waals surface area contributed by atoms with Gasteiger partial charge in [-0.15, -0.1) is 0 Å². The number of likely N-dealkylation sites (tertiary alicyclic amines) is 1. The van der Waals surface area contributed by atoms with Crippen LogP contribution in [0.4, 0.5) is 4.79 Å². The van der Waals surface area contributed by atoms with Crippen molar-refractivity contribution in [3.05, 3.63) is 0 Å². The zero-order valence-corrected chi connectivity index (χ0v) is 15.7. The molecule has 134 valence electrons. The molecule has 1 fully saturated rings. The minimum Gasteiger partial charge on any atom is -0.444 e. The summed E-state index contributed by atoms with van der Waals surface area (Å²) in [5, 5.41) is 2.90. The van der Waals surface area contributed by atoms with Crippen molar-refractivity contribution in [2.75, 3.05) is 27.2 Å². The van der Waals surface area contributed by atoms with Crippen molar-refractivity contribution in [1.29, 1.82) is 0 Å². The van der Waals surface area contributed by atoms with Gasteiger partial charge in [-0.25, -0.2) is 4.79 Å². The van der Waals surface area contributed by atoms with E-state index in [2.05, 4.69) is 19.2 Å². The standard InChI is InChI=1S/C17H33N3O3/c1-12(2)14(19(6)7)15(21)20-10-8-13(9-11-20)18-16(22)23-17(3,4)5/h12-14H,8-11H2,1-7H3,(H,18,22)/t14-/m0/s1. The molecule has 0 spiro atoms. The monoisotopic (exact) mass is 327 g/mol. The maximum absolute atomic E-state index is 12.7. The predicted molar refractivity (Wildman–Crippen MR) is 91.3 cm³/mol. The lowest BCUT2D eigenvalue weighted by Gasteiger charge is -2.37. The van der Waals surface area contributed by atoms with Crippen molar-refractivity contribution in [2.24, 2.45) is 5.92 Å². The van der Waals surface area contributed by atoms with Crippen LogP contribution in [0, 0.1) is 5.92 Å². The van der Waals surface area contributed by atoms with Crippen LogP contribution in [0.2, 0.25) is 0 Å². The average molecular weight is 327 g/mol. The molecule has 6 heteroatoms. The van der Waals surface area contributed by atoms with Crippen LogP contribution in [0.3, 0.4) is 0 Å². The molecule has 1 N–H and O–H groups in total. The summed E-state index contributed by atoms with van der Waals surface area (Å²) in [6, 6.07) is -0.0175. The second kappa shape index (κ2) is 7.99. The normalized spacial score (nSPS) is 18.2. The maximum atomic E-state index is 12.7.